The van der Waals surface area contributed by atoms with Crippen molar-refractivity contribution in [1.82, 2.24) is 10.2 Å². The molecule has 3 aliphatic rings. The monoisotopic (exact) mass is 266 g/mol. The SMILES string of the molecule is CCN(C1CC2CCC(C1)N2)C1CC(C)OC(C)C1. The van der Waals surface area contributed by atoms with Crippen LogP contribution in [0.15, 0.2) is 0 Å². The second-order valence-corrected chi connectivity index (χ2v) is 6.98. The van der Waals surface area contributed by atoms with E-state index in [9.17, 15) is 0 Å². The van der Waals surface area contributed by atoms with Crippen LogP contribution < -0.4 is 5.32 Å². The lowest BCUT2D eigenvalue weighted by molar-refractivity contribution is -0.0744. The predicted molar refractivity (Wildman–Crippen MR) is 78.4 cm³/mol. The number of nitrogens with zero attached hydrogens (tertiary/aromatic N) is 1. The lowest BCUT2D eigenvalue weighted by Gasteiger charge is -2.45. The van der Waals surface area contributed by atoms with Gasteiger partial charge in [-0.3, -0.25) is 4.90 Å². The van der Waals surface area contributed by atoms with E-state index in [4.69, 9.17) is 4.74 Å². The van der Waals surface area contributed by atoms with E-state index in [0.717, 1.165) is 24.2 Å². The first-order valence-corrected chi connectivity index (χ1v) is 8.33. The van der Waals surface area contributed by atoms with Gasteiger partial charge in [0.25, 0.3) is 0 Å². The molecule has 2 bridgehead atoms. The third-order valence-electron chi connectivity index (χ3n) is 5.42. The highest BCUT2D eigenvalue weighted by Gasteiger charge is 2.39. The molecular weight excluding hydrogens is 236 g/mol. The van der Waals surface area contributed by atoms with Crippen LogP contribution in [0.2, 0.25) is 0 Å². The Balaban J connectivity index is 1.66. The molecule has 3 fully saturated rings. The fraction of sp³-hybridized carbons (Fsp3) is 1.00. The lowest BCUT2D eigenvalue weighted by atomic mass is 9.92. The summed E-state index contributed by atoms with van der Waals surface area (Å²) in [6.45, 7) is 8.02. The van der Waals surface area contributed by atoms with Crippen molar-refractivity contribution in [3.8, 4) is 0 Å². The zero-order chi connectivity index (χ0) is 13.4. The summed E-state index contributed by atoms with van der Waals surface area (Å²) in [6, 6.07) is 3.15. The van der Waals surface area contributed by atoms with Gasteiger partial charge in [0.05, 0.1) is 12.2 Å². The molecule has 0 spiro atoms. The molecule has 3 nitrogen and oxygen atoms in total. The number of piperidine rings is 1. The summed E-state index contributed by atoms with van der Waals surface area (Å²) in [5.74, 6) is 0. The van der Waals surface area contributed by atoms with Crippen molar-refractivity contribution in [2.75, 3.05) is 6.54 Å². The molecule has 0 aromatic carbocycles. The maximum atomic E-state index is 5.91. The normalized spacial score (nSPS) is 46.7. The Morgan fingerprint density at radius 2 is 1.47 bits per heavy atom. The maximum Gasteiger partial charge on any atom is 0.0565 e. The van der Waals surface area contributed by atoms with Crippen molar-refractivity contribution in [2.45, 2.75) is 95.7 Å². The lowest BCUT2D eigenvalue weighted by Crippen LogP contribution is -2.54. The number of rotatable bonds is 3. The Morgan fingerprint density at radius 1 is 0.947 bits per heavy atom. The molecule has 0 aromatic rings. The van der Waals surface area contributed by atoms with E-state index in [2.05, 4.69) is 31.0 Å². The summed E-state index contributed by atoms with van der Waals surface area (Å²) >= 11 is 0. The molecule has 0 radical (unpaired) electrons. The first-order chi connectivity index (χ1) is 9.15. The van der Waals surface area contributed by atoms with Gasteiger partial charge in [-0.15, -0.1) is 0 Å². The summed E-state index contributed by atoms with van der Waals surface area (Å²) in [7, 11) is 0. The molecule has 0 aliphatic carbocycles. The van der Waals surface area contributed by atoms with Gasteiger partial charge in [-0.1, -0.05) is 6.92 Å². The van der Waals surface area contributed by atoms with Crippen LogP contribution >= 0.6 is 0 Å². The van der Waals surface area contributed by atoms with Crippen LogP contribution in [0.1, 0.15) is 59.3 Å². The Bertz CT molecular complexity index is 285. The number of ether oxygens (including phenoxy) is 1. The van der Waals surface area contributed by atoms with Gasteiger partial charge < -0.3 is 10.1 Å². The van der Waals surface area contributed by atoms with E-state index in [1.165, 1.54) is 45.1 Å². The molecule has 0 aromatic heterocycles. The van der Waals surface area contributed by atoms with Crippen LogP contribution in [-0.4, -0.2) is 47.8 Å². The topological polar surface area (TPSA) is 24.5 Å². The summed E-state index contributed by atoms with van der Waals surface area (Å²) in [4.78, 5) is 2.81. The molecule has 3 aliphatic heterocycles. The fourth-order valence-electron chi connectivity index (χ4n) is 4.75. The Hall–Kier alpha value is -0.120. The molecule has 19 heavy (non-hydrogen) atoms. The van der Waals surface area contributed by atoms with E-state index in [1.807, 2.05) is 0 Å². The Morgan fingerprint density at radius 3 is 2.00 bits per heavy atom. The van der Waals surface area contributed by atoms with Gasteiger partial charge >= 0.3 is 0 Å². The largest absolute Gasteiger partial charge is 0.375 e. The molecular formula is C16H30N2O. The molecule has 0 saturated carbocycles. The van der Waals surface area contributed by atoms with Crippen molar-refractivity contribution in [1.29, 1.82) is 0 Å². The predicted octanol–water partition coefficient (Wildman–Crippen LogP) is 2.55. The number of nitrogens with one attached hydrogen (secondary N) is 1. The standard InChI is InChI=1S/C16H30N2O/c1-4-18(15-7-11(2)19-12(3)8-15)16-9-13-5-6-14(10-16)17-13/h11-17H,4-10H2,1-3H3. The van der Waals surface area contributed by atoms with Crippen LogP contribution in [0.25, 0.3) is 0 Å². The Labute approximate surface area is 118 Å². The third-order valence-corrected chi connectivity index (χ3v) is 5.42. The van der Waals surface area contributed by atoms with E-state index in [0.29, 0.717) is 12.2 Å². The summed E-state index contributed by atoms with van der Waals surface area (Å²) < 4.78 is 5.91. The first kappa shape index (κ1) is 13.8. The zero-order valence-corrected chi connectivity index (χ0v) is 12.8. The second kappa shape index (κ2) is 5.71. The van der Waals surface area contributed by atoms with Crippen molar-refractivity contribution in [3.63, 3.8) is 0 Å². The molecule has 3 rings (SSSR count). The highest BCUT2D eigenvalue weighted by molar-refractivity contribution is 4.97. The van der Waals surface area contributed by atoms with Crippen molar-refractivity contribution < 1.29 is 4.74 Å². The highest BCUT2D eigenvalue weighted by atomic mass is 16.5. The molecule has 0 amide bonds. The van der Waals surface area contributed by atoms with E-state index in [1.54, 1.807) is 0 Å². The molecule has 110 valence electrons. The quantitative estimate of drug-likeness (QED) is 0.849. The average molecular weight is 266 g/mol. The van der Waals surface area contributed by atoms with Crippen LogP contribution in [0.3, 0.4) is 0 Å². The van der Waals surface area contributed by atoms with Gasteiger partial charge in [0, 0.05) is 24.2 Å². The molecule has 3 heterocycles. The minimum Gasteiger partial charge on any atom is -0.375 e. The van der Waals surface area contributed by atoms with Gasteiger partial charge in [-0.25, -0.2) is 0 Å². The van der Waals surface area contributed by atoms with Crippen molar-refractivity contribution in [3.05, 3.63) is 0 Å². The van der Waals surface area contributed by atoms with Crippen LogP contribution in [-0.2, 0) is 4.74 Å². The number of hydrogen-bond donors (Lipinski definition) is 1. The van der Waals surface area contributed by atoms with Crippen molar-refractivity contribution in [2.24, 2.45) is 0 Å². The minimum atomic E-state index is 0.432. The van der Waals surface area contributed by atoms with Gasteiger partial charge in [0.1, 0.15) is 0 Å². The Kier molecular flexibility index (Phi) is 4.16. The molecule has 3 saturated heterocycles. The highest BCUT2D eigenvalue weighted by Crippen LogP contribution is 2.33. The van der Waals surface area contributed by atoms with E-state index >= 15 is 0 Å². The summed E-state index contributed by atoms with van der Waals surface area (Å²) in [5.41, 5.74) is 0. The molecule has 4 atom stereocenters. The minimum absolute atomic E-state index is 0.432. The van der Waals surface area contributed by atoms with Gasteiger partial charge in [-0.2, -0.15) is 0 Å². The van der Waals surface area contributed by atoms with Crippen LogP contribution in [0.4, 0.5) is 0 Å². The number of fused-ring (bicyclic) bond motifs is 2. The number of hydrogen-bond acceptors (Lipinski definition) is 3. The van der Waals surface area contributed by atoms with Crippen LogP contribution in [0, 0.1) is 0 Å². The zero-order valence-electron chi connectivity index (χ0n) is 12.8. The maximum absolute atomic E-state index is 5.91. The van der Waals surface area contributed by atoms with E-state index < -0.39 is 0 Å². The first-order valence-electron chi connectivity index (χ1n) is 8.33. The molecule has 4 unspecified atom stereocenters. The molecule has 3 heteroatoms. The van der Waals surface area contributed by atoms with Crippen LogP contribution in [0.5, 0.6) is 0 Å². The fourth-order valence-corrected chi connectivity index (χ4v) is 4.75. The summed E-state index contributed by atoms with van der Waals surface area (Å²) in [5, 5.41) is 3.77. The van der Waals surface area contributed by atoms with Gasteiger partial charge in [0.2, 0.25) is 0 Å². The average Bonchev–Trinajstić information content (AvgIpc) is 2.68. The second-order valence-electron chi connectivity index (χ2n) is 6.98. The smallest absolute Gasteiger partial charge is 0.0565 e. The van der Waals surface area contributed by atoms with Crippen molar-refractivity contribution >= 4 is 0 Å². The van der Waals surface area contributed by atoms with Gasteiger partial charge in [-0.05, 0) is 58.9 Å². The molecule has 1 N–H and O–H groups in total. The van der Waals surface area contributed by atoms with E-state index in [-0.39, 0.29) is 0 Å². The third kappa shape index (κ3) is 2.98. The van der Waals surface area contributed by atoms with Gasteiger partial charge in [0.15, 0.2) is 0 Å². The summed E-state index contributed by atoms with van der Waals surface area (Å²) in [6.07, 6.45) is 8.84.